The van der Waals surface area contributed by atoms with Crippen molar-refractivity contribution in [3.63, 3.8) is 0 Å². The molecule has 0 saturated heterocycles. The van der Waals surface area contributed by atoms with Gasteiger partial charge in [0.1, 0.15) is 12.4 Å². The molecule has 1 unspecified atom stereocenters. The topological polar surface area (TPSA) is 24.5 Å². The van der Waals surface area contributed by atoms with E-state index in [2.05, 4.69) is 72.6 Å². The summed E-state index contributed by atoms with van der Waals surface area (Å²) in [5.74, 6) is 0.975. The second kappa shape index (κ2) is 7.40. The standard InChI is InChI=1S/C20H26N2O/c1-3-17(22(4-2)18-8-6-5-7-9-18)14-16-10-11-20-19(15-16)21-12-13-23-20/h5-11,15,17,21H,3-4,12-14H2,1-2H3. The lowest BCUT2D eigenvalue weighted by Crippen LogP contribution is -2.36. The van der Waals surface area contributed by atoms with E-state index in [1.165, 1.54) is 11.3 Å². The number of nitrogens with one attached hydrogen (secondary N) is 1. The molecule has 0 saturated carbocycles. The van der Waals surface area contributed by atoms with Crippen molar-refractivity contribution in [2.45, 2.75) is 32.7 Å². The van der Waals surface area contributed by atoms with Gasteiger partial charge in [0.15, 0.2) is 0 Å². The van der Waals surface area contributed by atoms with Gasteiger partial charge in [0, 0.05) is 24.8 Å². The van der Waals surface area contributed by atoms with Gasteiger partial charge in [0.05, 0.1) is 5.69 Å². The first-order valence-corrected chi connectivity index (χ1v) is 8.63. The average molecular weight is 310 g/mol. The summed E-state index contributed by atoms with van der Waals surface area (Å²) in [6.07, 6.45) is 2.18. The molecule has 1 atom stereocenters. The molecule has 1 heterocycles. The van der Waals surface area contributed by atoms with E-state index in [0.717, 1.165) is 44.0 Å². The molecule has 0 spiro atoms. The molecule has 0 aliphatic carbocycles. The minimum absolute atomic E-state index is 0.505. The number of likely N-dealkylation sites (N-methyl/N-ethyl adjacent to an activating group) is 1. The number of rotatable bonds is 6. The third kappa shape index (κ3) is 3.61. The molecule has 1 aliphatic rings. The Kier molecular flexibility index (Phi) is 5.06. The van der Waals surface area contributed by atoms with Crippen molar-refractivity contribution >= 4 is 11.4 Å². The molecule has 3 nitrogen and oxygen atoms in total. The van der Waals surface area contributed by atoms with Crippen molar-refractivity contribution < 1.29 is 4.74 Å². The van der Waals surface area contributed by atoms with Crippen molar-refractivity contribution in [2.24, 2.45) is 0 Å². The van der Waals surface area contributed by atoms with Crippen LogP contribution in [0.5, 0.6) is 5.75 Å². The Bertz CT molecular complexity index is 627. The molecule has 122 valence electrons. The van der Waals surface area contributed by atoms with Crippen molar-refractivity contribution in [3.8, 4) is 5.75 Å². The highest BCUT2D eigenvalue weighted by Gasteiger charge is 2.18. The second-order valence-electron chi connectivity index (χ2n) is 5.99. The summed E-state index contributed by atoms with van der Waals surface area (Å²) < 4.78 is 5.67. The summed E-state index contributed by atoms with van der Waals surface area (Å²) in [5.41, 5.74) is 3.80. The smallest absolute Gasteiger partial charge is 0.142 e. The minimum atomic E-state index is 0.505. The van der Waals surface area contributed by atoms with Crippen LogP contribution in [0.15, 0.2) is 48.5 Å². The predicted octanol–water partition coefficient (Wildman–Crippen LogP) is 4.34. The van der Waals surface area contributed by atoms with Crippen LogP contribution in [0.4, 0.5) is 11.4 Å². The summed E-state index contributed by atoms with van der Waals surface area (Å²) in [6, 6.07) is 17.8. The molecular formula is C20H26N2O. The van der Waals surface area contributed by atoms with Crippen LogP contribution in [0.3, 0.4) is 0 Å². The summed E-state index contributed by atoms with van der Waals surface area (Å²) in [5, 5.41) is 3.43. The summed E-state index contributed by atoms with van der Waals surface area (Å²) in [6.45, 7) is 7.17. The van der Waals surface area contributed by atoms with E-state index in [1.807, 2.05) is 0 Å². The molecule has 0 amide bonds. The van der Waals surface area contributed by atoms with Gasteiger partial charge in [-0.15, -0.1) is 0 Å². The highest BCUT2D eigenvalue weighted by atomic mass is 16.5. The van der Waals surface area contributed by atoms with Crippen molar-refractivity contribution in [3.05, 3.63) is 54.1 Å². The molecule has 23 heavy (non-hydrogen) atoms. The number of hydrogen-bond acceptors (Lipinski definition) is 3. The molecule has 0 radical (unpaired) electrons. The minimum Gasteiger partial charge on any atom is -0.490 e. The molecule has 0 aromatic heterocycles. The van der Waals surface area contributed by atoms with Gasteiger partial charge in [-0.25, -0.2) is 0 Å². The molecule has 3 heteroatoms. The van der Waals surface area contributed by atoms with Crippen LogP contribution in [0.25, 0.3) is 0 Å². The van der Waals surface area contributed by atoms with E-state index < -0.39 is 0 Å². The Morgan fingerprint density at radius 3 is 2.70 bits per heavy atom. The number of ether oxygens (including phenoxy) is 1. The number of benzene rings is 2. The van der Waals surface area contributed by atoms with E-state index in [-0.39, 0.29) is 0 Å². The van der Waals surface area contributed by atoms with Gasteiger partial charge in [-0.2, -0.15) is 0 Å². The van der Waals surface area contributed by atoms with Gasteiger partial charge in [-0.05, 0) is 49.6 Å². The number of anilines is 2. The Balaban J connectivity index is 1.78. The third-order valence-corrected chi connectivity index (χ3v) is 4.53. The van der Waals surface area contributed by atoms with Crippen LogP contribution < -0.4 is 15.0 Å². The molecule has 1 aliphatic heterocycles. The zero-order chi connectivity index (χ0) is 16.1. The largest absolute Gasteiger partial charge is 0.490 e. The van der Waals surface area contributed by atoms with E-state index in [1.54, 1.807) is 0 Å². The van der Waals surface area contributed by atoms with Crippen LogP contribution in [0.1, 0.15) is 25.8 Å². The molecular weight excluding hydrogens is 284 g/mol. The quantitative estimate of drug-likeness (QED) is 0.859. The van der Waals surface area contributed by atoms with Crippen molar-refractivity contribution in [1.82, 2.24) is 0 Å². The fourth-order valence-electron chi connectivity index (χ4n) is 3.33. The van der Waals surface area contributed by atoms with Crippen LogP contribution in [0.2, 0.25) is 0 Å². The molecule has 2 aromatic carbocycles. The lowest BCUT2D eigenvalue weighted by molar-refractivity contribution is 0.323. The van der Waals surface area contributed by atoms with Crippen LogP contribution in [0, 0.1) is 0 Å². The normalized spacial score (nSPS) is 14.3. The monoisotopic (exact) mass is 310 g/mol. The third-order valence-electron chi connectivity index (χ3n) is 4.53. The highest BCUT2D eigenvalue weighted by molar-refractivity contribution is 5.59. The average Bonchev–Trinajstić information content (AvgIpc) is 2.62. The Morgan fingerprint density at radius 1 is 1.13 bits per heavy atom. The number of fused-ring (bicyclic) bond motifs is 1. The zero-order valence-electron chi connectivity index (χ0n) is 14.1. The Morgan fingerprint density at radius 2 is 1.96 bits per heavy atom. The van der Waals surface area contributed by atoms with E-state index in [0.29, 0.717) is 6.04 Å². The van der Waals surface area contributed by atoms with Crippen LogP contribution in [-0.2, 0) is 6.42 Å². The van der Waals surface area contributed by atoms with Crippen molar-refractivity contribution in [2.75, 3.05) is 29.9 Å². The summed E-state index contributed by atoms with van der Waals surface area (Å²) in [4.78, 5) is 2.50. The van der Waals surface area contributed by atoms with Gasteiger partial charge in [-0.3, -0.25) is 0 Å². The maximum Gasteiger partial charge on any atom is 0.142 e. The Labute approximate surface area is 139 Å². The first-order valence-electron chi connectivity index (χ1n) is 8.63. The predicted molar refractivity (Wildman–Crippen MR) is 97.7 cm³/mol. The summed E-state index contributed by atoms with van der Waals surface area (Å²) in [7, 11) is 0. The van der Waals surface area contributed by atoms with Gasteiger partial charge in [0.2, 0.25) is 0 Å². The Hall–Kier alpha value is -2.16. The number of hydrogen-bond donors (Lipinski definition) is 1. The van der Waals surface area contributed by atoms with Crippen molar-refractivity contribution in [1.29, 1.82) is 0 Å². The molecule has 0 fully saturated rings. The fourth-order valence-corrected chi connectivity index (χ4v) is 3.33. The second-order valence-corrected chi connectivity index (χ2v) is 5.99. The lowest BCUT2D eigenvalue weighted by Gasteiger charge is -2.32. The van der Waals surface area contributed by atoms with E-state index >= 15 is 0 Å². The number of nitrogens with zero attached hydrogens (tertiary/aromatic N) is 1. The van der Waals surface area contributed by atoms with E-state index in [9.17, 15) is 0 Å². The maximum atomic E-state index is 5.67. The molecule has 1 N–H and O–H groups in total. The fraction of sp³-hybridized carbons (Fsp3) is 0.400. The highest BCUT2D eigenvalue weighted by Crippen LogP contribution is 2.29. The van der Waals surface area contributed by atoms with E-state index in [4.69, 9.17) is 4.74 Å². The van der Waals surface area contributed by atoms with Gasteiger partial charge < -0.3 is 15.0 Å². The van der Waals surface area contributed by atoms with Gasteiger partial charge in [-0.1, -0.05) is 31.2 Å². The molecule has 3 rings (SSSR count). The van der Waals surface area contributed by atoms with Gasteiger partial charge >= 0.3 is 0 Å². The van der Waals surface area contributed by atoms with Crippen LogP contribution in [-0.4, -0.2) is 25.7 Å². The lowest BCUT2D eigenvalue weighted by atomic mass is 10.0. The molecule has 0 bridgehead atoms. The maximum absolute atomic E-state index is 5.67. The van der Waals surface area contributed by atoms with Gasteiger partial charge in [0.25, 0.3) is 0 Å². The SMILES string of the molecule is CCC(Cc1ccc2c(c1)NCCO2)N(CC)c1ccccc1. The first kappa shape index (κ1) is 15.7. The van der Waals surface area contributed by atoms with Crippen LogP contribution >= 0.6 is 0 Å². The number of para-hydroxylation sites is 1. The molecule has 2 aromatic rings. The zero-order valence-corrected chi connectivity index (χ0v) is 14.1. The summed E-state index contributed by atoms with van der Waals surface area (Å²) >= 11 is 0. The first-order chi connectivity index (χ1) is 11.3.